The van der Waals surface area contributed by atoms with E-state index in [1.807, 2.05) is 6.07 Å². The van der Waals surface area contributed by atoms with Crippen molar-refractivity contribution < 1.29 is 4.92 Å². The van der Waals surface area contributed by atoms with E-state index < -0.39 is 4.92 Å². The number of pyridine rings is 1. The summed E-state index contributed by atoms with van der Waals surface area (Å²) >= 11 is 6.74. The van der Waals surface area contributed by atoms with E-state index in [0.717, 1.165) is 20.3 Å². The maximum Gasteiger partial charge on any atom is 0.269 e. The fourth-order valence-corrected chi connectivity index (χ4v) is 2.59. The number of nitro groups is 1. The Morgan fingerprint density at radius 2 is 1.95 bits per heavy atom. The standard InChI is InChI=1S/C12H9Br2N3O2/c13-9-5-11(14)12(16-7-9)15-6-8-1-3-10(4-2-8)17(18)19/h1-5,7H,6H2,(H,15,16). The molecule has 0 aliphatic carbocycles. The molecule has 5 nitrogen and oxygen atoms in total. The molecule has 1 aromatic carbocycles. The van der Waals surface area contributed by atoms with Gasteiger partial charge in [-0.1, -0.05) is 12.1 Å². The van der Waals surface area contributed by atoms with Crippen molar-refractivity contribution in [3.05, 3.63) is 61.2 Å². The highest BCUT2D eigenvalue weighted by atomic mass is 79.9. The van der Waals surface area contributed by atoms with Crippen molar-refractivity contribution in [2.75, 3.05) is 5.32 Å². The van der Waals surface area contributed by atoms with Gasteiger partial charge in [-0.25, -0.2) is 4.98 Å². The summed E-state index contributed by atoms with van der Waals surface area (Å²) in [6.45, 7) is 0.547. The lowest BCUT2D eigenvalue weighted by Crippen LogP contribution is -2.02. The molecule has 0 bridgehead atoms. The molecule has 1 aromatic heterocycles. The van der Waals surface area contributed by atoms with Gasteiger partial charge in [-0.15, -0.1) is 0 Å². The van der Waals surface area contributed by atoms with Crippen LogP contribution in [0.5, 0.6) is 0 Å². The predicted molar refractivity (Wildman–Crippen MR) is 80.1 cm³/mol. The number of nitrogens with one attached hydrogen (secondary N) is 1. The first-order chi connectivity index (χ1) is 9.06. The molecular weight excluding hydrogens is 378 g/mol. The maximum atomic E-state index is 10.5. The second-order valence-corrected chi connectivity index (χ2v) is 5.53. The number of nitro benzene ring substituents is 1. The van der Waals surface area contributed by atoms with Crippen LogP contribution in [0.4, 0.5) is 11.5 Å². The number of hydrogen-bond acceptors (Lipinski definition) is 4. The van der Waals surface area contributed by atoms with Crippen LogP contribution in [0.1, 0.15) is 5.56 Å². The summed E-state index contributed by atoms with van der Waals surface area (Å²) in [5, 5.41) is 13.7. The summed E-state index contributed by atoms with van der Waals surface area (Å²) in [6, 6.07) is 8.31. The Balaban J connectivity index is 2.04. The van der Waals surface area contributed by atoms with E-state index in [1.54, 1.807) is 18.3 Å². The summed E-state index contributed by atoms with van der Waals surface area (Å²) in [6.07, 6.45) is 1.70. The van der Waals surface area contributed by atoms with Crippen LogP contribution in [0.2, 0.25) is 0 Å². The van der Waals surface area contributed by atoms with Crippen LogP contribution in [-0.4, -0.2) is 9.91 Å². The van der Waals surface area contributed by atoms with Gasteiger partial charge in [0.2, 0.25) is 0 Å². The number of nitrogens with zero attached hydrogens (tertiary/aromatic N) is 2. The molecule has 0 amide bonds. The van der Waals surface area contributed by atoms with Gasteiger partial charge in [0, 0.05) is 29.3 Å². The Morgan fingerprint density at radius 1 is 1.26 bits per heavy atom. The van der Waals surface area contributed by atoms with E-state index in [-0.39, 0.29) is 5.69 Å². The molecule has 7 heteroatoms. The summed E-state index contributed by atoms with van der Waals surface area (Å²) in [4.78, 5) is 14.4. The van der Waals surface area contributed by atoms with Crippen LogP contribution in [-0.2, 0) is 6.54 Å². The number of benzene rings is 1. The van der Waals surface area contributed by atoms with Crippen molar-refractivity contribution in [1.29, 1.82) is 0 Å². The Labute approximate surface area is 126 Å². The van der Waals surface area contributed by atoms with Crippen molar-refractivity contribution in [3.63, 3.8) is 0 Å². The summed E-state index contributed by atoms with van der Waals surface area (Å²) in [5.74, 6) is 0.724. The zero-order valence-electron chi connectivity index (χ0n) is 9.64. The number of hydrogen-bond donors (Lipinski definition) is 1. The van der Waals surface area contributed by atoms with E-state index in [2.05, 4.69) is 42.2 Å². The predicted octanol–water partition coefficient (Wildman–Crippen LogP) is 4.13. The van der Waals surface area contributed by atoms with Gasteiger partial charge in [0.25, 0.3) is 5.69 Å². The van der Waals surface area contributed by atoms with E-state index in [9.17, 15) is 10.1 Å². The largest absolute Gasteiger partial charge is 0.365 e. The molecule has 0 saturated carbocycles. The van der Waals surface area contributed by atoms with Crippen LogP contribution in [0.25, 0.3) is 0 Å². The smallest absolute Gasteiger partial charge is 0.269 e. The molecule has 0 radical (unpaired) electrons. The molecule has 0 aliphatic heterocycles. The minimum absolute atomic E-state index is 0.0895. The third kappa shape index (κ3) is 3.74. The first kappa shape index (κ1) is 14.0. The lowest BCUT2D eigenvalue weighted by atomic mass is 10.2. The van der Waals surface area contributed by atoms with Crippen molar-refractivity contribution >= 4 is 43.4 Å². The Morgan fingerprint density at radius 3 is 2.53 bits per heavy atom. The molecular formula is C12H9Br2N3O2. The zero-order chi connectivity index (χ0) is 13.8. The SMILES string of the molecule is O=[N+]([O-])c1ccc(CNc2ncc(Br)cc2Br)cc1. The van der Waals surface area contributed by atoms with Gasteiger partial charge in [0.15, 0.2) is 0 Å². The summed E-state index contributed by atoms with van der Waals surface area (Å²) in [5.41, 5.74) is 1.04. The Kier molecular flexibility index (Phi) is 4.49. The highest BCUT2D eigenvalue weighted by molar-refractivity contribution is 9.11. The van der Waals surface area contributed by atoms with Crippen molar-refractivity contribution in [1.82, 2.24) is 4.98 Å². The third-order valence-corrected chi connectivity index (χ3v) is 3.45. The van der Waals surface area contributed by atoms with Gasteiger partial charge in [0.05, 0.1) is 9.40 Å². The number of halogens is 2. The number of aromatic nitrogens is 1. The molecule has 19 heavy (non-hydrogen) atoms. The second kappa shape index (κ2) is 6.12. The Bertz CT molecular complexity index is 602. The zero-order valence-corrected chi connectivity index (χ0v) is 12.8. The van der Waals surface area contributed by atoms with Crippen molar-refractivity contribution in [2.24, 2.45) is 0 Å². The molecule has 0 unspecified atom stereocenters. The lowest BCUT2D eigenvalue weighted by molar-refractivity contribution is -0.384. The molecule has 1 N–H and O–H groups in total. The average Bonchev–Trinajstić information content (AvgIpc) is 2.38. The minimum atomic E-state index is -0.413. The van der Waals surface area contributed by atoms with Gasteiger partial charge in [0.1, 0.15) is 5.82 Å². The van der Waals surface area contributed by atoms with Gasteiger partial charge in [-0.05, 0) is 43.5 Å². The molecule has 2 aromatic rings. The summed E-state index contributed by atoms with van der Waals surface area (Å²) < 4.78 is 1.74. The first-order valence-electron chi connectivity index (χ1n) is 5.34. The van der Waals surface area contributed by atoms with E-state index in [1.165, 1.54) is 12.1 Å². The highest BCUT2D eigenvalue weighted by Gasteiger charge is 2.05. The average molecular weight is 387 g/mol. The summed E-state index contributed by atoms with van der Waals surface area (Å²) in [7, 11) is 0. The first-order valence-corrected chi connectivity index (χ1v) is 6.93. The van der Waals surface area contributed by atoms with E-state index in [0.29, 0.717) is 6.54 Å². The van der Waals surface area contributed by atoms with Crippen molar-refractivity contribution in [3.8, 4) is 0 Å². The maximum absolute atomic E-state index is 10.5. The quantitative estimate of drug-likeness (QED) is 0.633. The highest BCUT2D eigenvalue weighted by Crippen LogP contribution is 2.24. The van der Waals surface area contributed by atoms with Gasteiger partial charge in [-0.3, -0.25) is 10.1 Å². The molecule has 0 aliphatic rings. The monoisotopic (exact) mass is 385 g/mol. The van der Waals surface area contributed by atoms with Gasteiger partial charge >= 0.3 is 0 Å². The number of anilines is 1. The molecule has 1 heterocycles. The van der Waals surface area contributed by atoms with Gasteiger partial charge < -0.3 is 5.32 Å². The third-order valence-electron chi connectivity index (χ3n) is 2.41. The van der Waals surface area contributed by atoms with E-state index >= 15 is 0 Å². The van der Waals surface area contributed by atoms with Crippen LogP contribution in [0.15, 0.2) is 45.5 Å². The normalized spacial score (nSPS) is 10.2. The van der Waals surface area contributed by atoms with Crippen LogP contribution < -0.4 is 5.32 Å². The molecule has 0 spiro atoms. The molecule has 0 saturated heterocycles. The van der Waals surface area contributed by atoms with Crippen molar-refractivity contribution in [2.45, 2.75) is 6.54 Å². The molecule has 0 atom stereocenters. The molecule has 0 fully saturated rings. The van der Waals surface area contributed by atoms with E-state index in [4.69, 9.17) is 0 Å². The van der Waals surface area contributed by atoms with Crippen LogP contribution in [0, 0.1) is 10.1 Å². The second-order valence-electron chi connectivity index (χ2n) is 3.76. The fourth-order valence-electron chi connectivity index (χ4n) is 1.47. The van der Waals surface area contributed by atoms with Gasteiger partial charge in [-0.2, -0.15) is 0 Å². The topological polar surface area (TPSA) is 68.1 Å². The minimum Gasteiger partial charge on any atom is -0.365 e. The number of non-ortho nitro benzene ring substituents is 1. The number of rotatable bonds is 4. The molecule has 98 valence electrons. The fraction of sp³-hybridized carbons (Fsp3) is 0.0833. The molecule has 2 rings (SSSR count). The van der Waals surface area contributed by atoms with Crippen LogP contribution in [0.3, 0.4) is 0 Å². The Hall–Kier alpha value is -1.47. The lowest BCUT2D eigenvalue weighted by Gasteiger charge is -2.07. The van der Waals surface area contributed by atoms with Crippen LogP contribution >= 0.6 is 31.9 Å².